The molecule has 0 aliphatic heterocycles. The molecule has 130 valence electrons. The van der Waals surface area contributed by atoms with Crippen LogP contribution in [0.4, 0.5) is 0 Å². The number of hydrogen-bond donors (Lipinski definition) is 2. The predicted octanol–water partition coefficient (Wildman–Crippen LogP) is 2.79. The number of hydrogen-bond acceptors (Lipinski definition) is 3. The number of carbonyl (C=O) groups is 2. The second-order valence-corrected chi connectivity index (χ2v) is 5.73. The van der Waals surface area contributed by atoms with E-state index in [4.69, 9.17) is 28.9 Å². The Morgan fingerprint density at radius 2 is 1.96 bits per heavy atom. The summed E-state index contributed by atoms with van der Waals surface area (Å²) >= 11 is 12.0. The summed E-state index contributed by atoms with van der Waals surface area (Å²) in [4.78, 5) is 25.2. The van der Waals surface area contributed by atoms with E-state index < -0.39 is 0 Å². The zero-order valence-electron chi connectivity index (χ0n) is 13.1. The van der Waals surface area contributed by atoms with Crippen LogP contribution in [0.3, 0.4) is 0 Å². The van der Waals surface area contributed by atoms with Crippen molar-refractivity contribution in [2.45, 2.75) is 26.3 Å². The molecule has 0 bridgehead atoms. The molecule has 0 aliphatic rings. The number of carbonyl (C=O) groups excluding carboxylic acids is 2. The Labute approximate surface area is 152 Å². The minimum atomic E-state index is -0.355. The summed E-state index contributed by atoms with van der Waals surface area (Å²) < 4.78 is 0. The summed E-state index contributed by atoms with van der Waals surface area (Å²) in [5.74, 6) is -0.519. The number of halogens is 3. The van der Waals surface area contributed by atoms with Crippen LogP contribution in [0, 0.1) is 0 Å². The maximum atomic E-state index is 12.3. The van der Waals surface area contributed by atoms with Gasteiger partial charge in [0.05, 0.1) is 29.2 Å². The minimum absolute atomic E-state index is 0. The van der Waals surface area contributed by atoms with E-state index in [2.05, 4.69) is 5.32 Å². The van der Waals surface area contributed by atoms with Crippen LogP contribution in [0.15, 0.2) is 18.2 Å². The Kier molecular flexibility index (Phi) is 10.2. The Morgan fingerprint density at radius 1 is 1.30 bits per heavy atom. The quantitative estimate of drug-likeness (QED) is 0.761. The van der Waals surface area contributed by atoms with Crippen LogP contribution in [0.5, 0.6) is 0 Å². The zero-order chi connectivity index (χ0) is 16.7. The van der Waals surface area contributed by atoms with E-state index >= 15 is 0 Å². The lowest BCUT2D eigenvalue weighted by molar-refractivity contribution is -0.134. The van der Waals surface area contributed by atoms with Gasteiger partial charge in [-0.05, 0) is 31.0 Å². The van der Waals surface area contributed by atoms with Crippen LogP contribution in [-0.4, -0.2) is 36.3 Å². The van der Waals surface area contributed by atoms with Crippen molar-refractivity contribution in [1.82, 2.24) is 10.2 Å². The first-order valence-electron chi connectivity index (χ1n) is 7.11. The fourth-order valence-electron chi connectivity index (χ4n) is 2.08. The monoisotopic (exact) mass is 381 g/mol. The number of rotatable bonds is 7. The summed E-state index contributed by atoms with van der Waals surface area (Å²) in [5, 5.41) is 3.42. The highest BCUT2D eigenvalue weighted by Crippen LogP contribution is 2.28. The number of nitrogens with two attached hydrogens (primary N) is 1. The Hall–Kier alpha value is -1.01. The number of nitrogens with zero attached hydrogens (tertiary/aromatic N) is 1. The van der Waals surface area contributed by atoms with Crippen LogP contribution >= 0.6 is 35.6 Å². The average molecular weight is 383 g/mol. The van der Waals surface area contributed by atoms with Crippen molar-refractivity contribution in [3.63, 3.8) is 0 Å². The molecule has 23 heavy (non-hydrogen) atoms. The highest BCUT2D eigenvalue weighted by molar-refractivity contribution is 6.42. The molecular formula is C15H22Cl3N3O2. The van der Waals surface area contributed by atoms with Crippen molar-refractivity contribution < 1.29 is 9.59 Å². The van der Waals surface area contributed by atoms with E-state index in [9.17, 15) is 9.59 Å². The lowest BCUT2D eigenvalue weighted by atomic mass is 10.1. The molecule has 8 heteroatoms. The molecule has 0 saturated heterocycles. The van der Waals surface area contributed by atoms with E-state index in [-0.39, 0.29) is 43.4 Å². The number of nitrogens with one attached hydrogen (secondary N) is 1. The fourth-order valence-corrected chi connectivity index (χ4v) is 2.38. The standard InChI is InChI=1S/C15H21Cl2N3O2.ClH/c1-3-6-20(15(22)9-19-14(21)8-18)10(2)11-4-5-12(16)13(17)7-11;/h4-5,7,10H,3,6,8-9,18H2,1-2H3,(H,19,21);1H. The van der Waals surface area contributed by atoms with E-state index in [1.807, 2.05) is 19.9 Å². The Morgan fingerprint density at radius 3 is 2.48 bits per heavy atom. The fraction of sp³-hybridized carbons (Fsp3) is 0.467. The SMILES string of the molecule is CCCN(C(=O)CNC(=O)CN)C(C)c1ccc(Cl)c(Cl)c1.Cl. The normalized spacial score (nSPS) is 11.3. The molecule has 0 fully saturated rings. The molecule has 0 radical (unpaired) electrons. The Balaban J connectivity index is 0.00000484. The first-order valence-corrected chi connectivity index (χ1v) is 7.87. The molecule has 0 aliphatic carbocycles. The Bertz CT molecular complexity index is 541. The third kappa shape index (κ3) is 6.55. The molecule has 1 rings (SSSR count). The van der Waals surface area contributed by atoms with Crippen molar-refractivity contribution in [3.8, 4) is 0 Å². The molecule has 2 amide bonds. The molecule has 0 spiro atoms. The molecular weight excluding hydrogens is 361 g/mol. The third-order valence-corrected chi connectivity index (χ3v) is 4.04. The number of benzene rings is 1. The van der Waals surface area contributed by atoms with Crippen LogP contribution in [0.2, 0.25) is 10.0 Å². The zero-order valence-corrected chi connectivity index (χ0v) is 15.5. The lowest BCUT2D eigenvalue weighted by Crippen LogP contribution is -2.43. The molecule has 0 heterocycles. The van der Waals surface area contributed by atoms with Gasteiger partial charge in [0.1, 0.15) is 0 Å². The molecule has 1 unspecified atom stereocenters. The summed E-state index contributed by atoms with van der Waals surface area (Å²) in [6, 6.07) is 5.13. The van der Waals surface area contributed by atoms with Crippen LogP contribution < -0.4 is 11.1 Å². The first-order chi connectivity index (χ1) is 10.4. The maximum Gasteiger partial charge on any atom is 0.242 e. The van der Waals surface area contributed by atoms with Gasteiger partial charge >= 0.3 is 0 Å². The van der Waals surface area contributed by atoms with Crippen LogP contribution in [0.1, 0.15) is 31.9 Å². The van der Waals surface area contributed by atoms with Gasteiger partial charge in [-0.2, -0.15) is 0 Å². The van der Waals surface area contributed by atoms with Crippen LogP contribution in [0.25, 0.3) is 0 Å². The summed E-state index contributed by atoms with van der Waals surface area (Å²) in [5.41, 5.74) is 6.10. The van der Waals surface area contributed by atoms with Gasteiger partial charge in [0.25, 0.3) is 0 Å². The molecule has 1 aromatic carbocycles. The van der Waals surface area contributed by atoms with Crippen molar-refractivity contribution in [1.29, 1.82) is 0 Å². The van der Waals surface area contributed by atoms with Gasteiger partial charge in [-0.1, -0.05) is 36.2 Å². The predicted molar refractivity (Wildman–Crippen MR) is 96.2 cm³/mol. The van der Waals surface area contributed by atoms with Crippen LogP contribution in [-0.2, 0) is 9.59 Å². The summed E-state index contributed by atoms with van der Waals surface area (Å²) in [6.07, 6.45) is 0.808. The van der Waals surface area contributed by atoms with E-state index in [0.717, 1.165) is 12.0 Å². The van der Waals surface area contributed by atoms with Crippen molar-refractivity contribution in [2.75, 3.05) is 19.6 Å². The van der Waals surface area contributed by atoms with Gasteiger partial charge < -0.3 is 16.0 Å². The highest BCUT2D eigenvalue weighted by Gasteiger charge is 2.21. The van der Waals surface area contributed by atoms with E-state index in [1.165, 1.54) is 0 Å². The molecule has 1 atom stereocenters. The van der Waals surface area contributed by atoms with Gasteiger partial charge in [-0.3, -0.25) is 9.59 Å². The highest BCUT2D eigenvalue weighted by atomic mass is 35.5. The van der Waals surface area contributed by atoms with Crippen molar-refractivity contribution in [3.05, 3.63) is 33.8 Å². The molecule has 0 aromatic heterocycles. The van der Waals surface area contributed by atoms with Gasteiger partial charge in [0.15, 0.2) is 0 Å². The second kappa shape index (κ2) is 10.7. The van der Waals surface area contributed by atoms with Gasteiger partial charge in [-0.25, -0.2) is 0 Å². The largest absolute Gasteiger partial charge is 0.346 e. The molecule has 1 aromatic rings. The summed E-state index contributed by atoms with van der Waals surface area (Å²) in [7, 11) is 0. The lowest BCUT2D eigenvalue weighted by Gasteiger charge is -2.29. The smallest absolute Gasteiger partial charge is 0.242 e. The average Bonchev–Trinajstić information content (AvgIpc) is 2.51. The molecule has 5 nitrogen and oxygen atoms in total. The second-order valence-electron chi connectivity index (χ2n) is 4.92. The van der Waals surface area contributed by atoms with E-state index in [0.29, 0.717) is 16.6 Å². The van der Waals surface area contributed by atoms with Gasteiger partial charge in [-0.15, -0.1) is 12.4 Å². The van der Waals surface area contributed by atoms with Gasteiger partial charge in [0.2, 0.25) is 11.8 Å². The van der Waals surface area contributed by atoms with E-state index in [1.54, 1.807) is 17.0 Å². The van der Waals surface area contributed by atoms with Gasteiger partial charge in [0, 0.05) is 6.54 Å². The minimum Gasteiger partial charge on any atom is -0.346 e. The molecule has 3 N–H and O–H groups in total. The van der Waals surface area contributed by atoms with Crippen molar-refractivity contribution in [2.24, 2.45) is 5.73 Å². The topological polar surface area (TPSA) is 75.4 Å². The van der Waals surface area contributed by atoms with Crippen molar-refractivity contribution >= 4 is 47.4 Å². The summed E-state index contributed by atoms with van der Waals surface area (Å²) in [6.45, 7) is 4.28. The first kappa shape index (κ1) is 22.0. The third-order valence-electron chi connectivity index (χ3n) is 3.30. The maximum absolute atomic E-state index is 12.3. The number of amides is 2. The molecule has 0 saturated carbocycles.